The summed E-state index contributed by atoms with van der Waals surface area (Å²) in [5, 5.41) is 20.4. The molecule has 0 radical (unpaired) electrons. The summed E-state index contributed by atoms with van der Waals surface area (Å²) in [6.45, 7) is -0.132. The number of benzene rings is 3. The number of hydrogen-bond acceptors (Lipinski definition) is 4. The summed E-state index contributed by atoms with van der Waals surface area (Å²) in [6, 6.07) is 25.5. The molecule has 0 aliphatic heterocycles. The van der Waals surface area contributed by atoms with Crippen LogP contribution in [0.1, 0.15) is 11.1 Å². The summed E-state index contributed by atoms with van der Waals surface area (Å²) < 4.78 is 5.50. The lowest BCUT2D eigenvalue weighted by Gasteiger charge is -2.09. The fourth-order valence-electron chi connectivity index (χ4n) is 2.49. The minimum atomic E-state index is -0.304. The van der Waals surface area contributed by atoms with E-state index in [0.29, 0.717) is 22.6 Å². The van der Waals surface area contributed by atoms with E-state index in [0.717, 1.165) is 11.1 Å². The number of nitrogens with zero attached hydrogens (tertiary/aromatic N) is 2. The summed E-state index contributed by atoms with van der Waals surface area (Å²) in [6.07, 6.45) is 0. The molecule has 130 valence electrons. The first-order chi connectivity index (χ1) is 13.2. The lowest BCUT2D eigenvalue weighted by molar-refractivity contribution is -0.118. The maximum atomic E-state index is 12.0. The van der Waals surface area contributed by atoms with Gasteiger partial charge in [0.2, 0.25) is 0 Å². The molecule has 3 aromatic carbocycles. The third-order valence-electron chi connectivity index (χ3n) is 3.85. The summed E-state index contributed by atoms with van der Waals surface area (Å²) >= 11 is 0. The molecule has 1 amide bonds. The number of anilines is 1. The van der Waals surface area contributed by atoms with Crippen LogP contribution in [0.2, 0.25) is 0 Å². The SMILES string of the molecule is N#Cc1ccc(-c2ccc(OCC(=O)Nc3cccc(C#N)c3)cc2)cc1. The molecule has 5 heteroatoms. The molecular weight excluding hydrogens is 338 g/mol. The van der Waals surface area contributed by atoms with Gasteiger partial charge in [0.05, 0.1) is 23.3 Å². The summed E-state index contributed by atoms with van der Waals surface area (Å²) in [4.78, 5) is 12.0. The van der Waals surface area contributed by atoms with Crippen molar-refractivity contribution in [1.29, 1.82) is 10.5 Å². The van der Waals surface area contributed by atoms with Gasteiger partial charge in [-0.25, -0.2) is 0 Å². The Kier molecular flexibility index (Phi) is 5.47. The van der Waals surface area contributed by atoms with Gasteiger partial charge in [-0.3, -0.25) is 4.79 Å². The van der Waals surface area contributed by atoms with Gasteiger partial charge in [0.15, 0.2) is 6.61 Å². The topological polar surface area (TPSA) is 85.9 Å². The first-order valence-electron chi connectivity index (χ1n) is 8.21. The van der Waals surface area contributed by atoms with Crippen LogP contribution in [0.4, 0.5) is 5.69 Å². The minimum absolute atomic E-state index is 0.132. The lowest BCUT2D eigenvalue weighted by atomic mass is 10.0. The fourth-order valence-corrected chi connectivity index (χ4v) is 2.49. The molecule has 0 bridgehead atoms. The molecule has 0 aliphatic carbocycles. The van der Waals surface area contributed by atoms with Crippen LogP contribution in [0.25, 0.3) is 11.1 Å². The zero-order chi connectivity index (χ0) is 19.1. The molecule has 3 rings (SSSR count). The van der Waals surface area contributed by atoms with E-state index in [4.69, 9.17) is 15.3 Å². The third kappa shape index (κ3) is 4.72. The molecule has 0 saturated carbocycles. The number of amides is 1. The molecule has 0 fully saturated rings. The van der Waals surface area contributed by atoms with Crippen LogP contribution in [-0.2, 0) is 4.79 Å². The van der Waals surface area contributed by atoms with E-state index in [1.54, 1.807) is 48.5 Å². The van der Waals surface area contributed by atoms with E-state index >= 15 is 0 Å². The van der Waals surface area contributed by atoms with Gasteiger partial charge < -0.3 is 10.1 Å². The summed E-state index contributed by atoms with van der Waals surface area (Å²) in [5.41, 5.74) is 3.64. The number of ether oxygens (including phenoxy) is 1. The number of nitriles is 2. The van der Waals surface area contributed by atoms with Crippen LogP contribution in [-0.4, -0.2) is 12.5 Å². The van der Waals surface area contributed by atoms with E-state index in [2.05, 4.69) is 11.4 Å². The molecule has 1 N–H and O–H groups in total. The second-order valence-corrected chi connectivity index (χ2v) is 5.74. The molecule has 0 aromatic heterocycles. The van der Waals surface area contributed by atoms with Gasteiger partial charge in [0.25, 0.3) is 5.91 Å². The smallest absolute Gasteiger partial charge is 0.262 e. The lowest BCUT2D eigenvalue weighted by Crippen LogP contribution is -2.20. The van der Waals surface area contributed by atoms with Gasteiger partial charge >= 0.3 is 0 Å². The molecule has 5 nitrogen and oxygen atoms in total. The van der Waals surface area contributed by atoms with Gasteiger partial charge in [0.1, 0.15) is 5.75 Å². The normalized spacial score (nSPS) is 9.70. The quantitative estimate of drug-likeness (QED) is 0.748. The Morgan fingerprint density at radius 2 is 1.48 bits per heavy atom. The van der Waals surface area contributed by atoms with Crippen LogP contribution in [0.3, 0.4) is 0 Å². The molecule has 3 aromatic rings. The van der Waals surface area contributed by atoms with Crippen molar-refractivity contribution in [2.24, 2.45) is 0 Å². The van der Waals surface area contributed by atoms with Crippen molar-refractivity contribution in [2.45, 2.75) is 0 Å². The molecule has 0 saturated heterocycles. The van der Waals surface area contributed by atoms with Crippen molar-refractivity contribution >= 4 is 11.6 Å². The van der Waals surface area contributed by atoms with Gasteiger partial charge in [0, 0.05) is 5.69 Å². The fraction of sp³-hybridized carbons (Fsp3) is 0.0455. The first kappa shape index (κ1) is 17.7. The Morgan fingerprint density at radius 1 is 0.852 bits per heavy atom. The highest BCUT2D eigenvalue weighted by molar-refractivity contribution is 5.92. The van der Waals surface area contributed by atoms with Crippen LogP contribution < -0.4 is 10.1 Å². The standard InChI is InChI=1S/C22H15N3O2/c23-13-16-4-6-18(7-5-16)19-8-10-21(11-9-19)27-15-22(26)25-20-3-1-2-17(12-20)14-24/h1-12H,15H2,(H,25,26). The monoisotopic (exact) mass is 353 g/mol. The Balaban J connectivity index is 1.57. The Labute approximate surface area is 157 Å². The van der Waals surface area contributed by atoms with Crippen molar-refractivity contribution < 1.29 is 9.53 Å². The van der Waals surface area contributed by atoms with Crippen molar-refractivity contribution in [3.8, 4) is 29.0 Å². The largest absolute Gasteiger partial charge is 0.484 e. The van der Waals surface area contributed by atoms with E-state index < -0.39 is 0 Å². The van der Waals surface area contributed by atoms with Crippen molar-refractivity contribution in [2.75, 3.05) is 11.9 Å². The maximum absolute atomic E-state index is 12.0. The Morgan fingerprint density at radius 3 is 2.11 bits per heavy atom. The molecule has 0 atom stereocenters. The van der Waals surface area contributed by atoms with Crippen LogP contribution >= 0.6 is 0 Å². The average molecular weight is 353 g/mol. The number of hydrogen-bond donors (Lipinski definition) is 1. The number of rotatable bonds is 5. The first-order valence-corrected chi connectivity index (χ1v) is 8.21. The molecule has 0 spiro atoms. The second kappa shape index (κ2) is 8.33. The molecular formula is C22H15N3O2. The summed E-state index contributed by atoms with van der Waals surface area (Å²) in [7, 11) is 0. The van der Waals surface area contributed by atoms with Crippen LogP contribution in [0.15, 0.2) is 72.8 Å². The van der Waals surface area contributed by atoms with Gasteiger partial charge in [-0.1, -0.05) is 30.3 Å². The number of nitrogens with one attached hydrogen (secondary N) is 1. The van der Waals surface area contributed by atoms with Gasteiger partial charge in [-0.15, -0.1) is 0 Å². The highest BCUT2D eigenvalue weighted by Crippen LogP contribution is 2.22. The van der Waals surface area contributed by atoms with Crippen molar-refractivity contribution in [1.82, 2.24) is 0 Å². The van der Waals surface area contributed by atoms with Gasteiger partial charge in [-0.2, -0.15) is 10.5 Å². The van der Waals surface area contributed by atoms with Crippen LogP contribution in [0.5, 0.6) is 5.75 Å². The number of carbonyl (C=O) groups is 1. The summed E-state index contributed by atoms with van der Waals surface area (Å²) in [5.74, 6) is 0.273. The van der Waals surface area contributed by atoms with E-state index in [-0.39, 0.29) is 12.5 Å². The van der Waals surface area contributed by atoms with E-state index in [1.165, 1.54) is 0 Å². The van der Waals surface area contributed by atoms with Crippen LogP contribution in [0, 0.1) is 22.7 Å². The predicted octanol–water partition coefficient (Wildman–Crippen LogP) is 4.11. The highest BCUT2D eigenvalue weighted by atomic mass is 16.5. The van der Waals surface area contributed by atoms with Crippen molar-refractivity contribution in [3.05, 3.63) is 83.9 Å². The second-order valence-electron chi connectivity index (χ2n) is 5.74. The third-order valence-corrected chi connectivity index (χ3v) is 3.85. The van der Waals surface area contributed by atoms with E-state index in [1.807, 2.05) is 30.3 Å². The molecule has 27 heavy (non-hydrogen) atoms. The predicted molar refractivity (Wildman–Crippen MR) is 102 cm³/mol. The zero-order valence-electron chi connectivity index (χ0n) is 14.3. The van der Waals surface area contributed by atoms with E-state index in [9.17, 15) is 4.79 Å². The molecule has 0 unspecified atom stereocenters. The molecule has 0 aliphatic rings. The Hall–Kier alpha value is -4.09. The zero-order valence-corrected chi connectivity index (χ0v) is 14.3. The van der Waals surface area contributed by atoms with Gasteiger partial charge in [-0.05, 0) is 53.6 Å². The van der Waals surface area contributed by atoms with Crippen molar-refractivity contribution in [3.63, 3.8) is 0 Å². The number of carbonyl (C=O) groups excluding carboxylic acids is 1. The maximum Gasteiger partial charge on any atom is 0.262 e. The highest BCUT2D eigenvalue weighted by Gasteiger charge is 2.05. The molecule has 0 heterocycles. The Bertz CT molecular complexity index is 1030. The minimum Gasteiger partial charge on any atom is -0.484 e. The average Bonchev–Trinajstić information content (AvgIpc) is 2.73.